The number of nitrogens with one attached hydrogen (secondary N) is 2. The molecular weight excluding hydrogens is 412 g/mol. The van der Waals surface area contributed by atoms with E-state index in [-0.39, 0.29) is 10.8 Å². The Morgan fingerprint density at radius 3 is 2.19 bits per heavy atom. The number of sulfonamides is 1. The van der Waals surface area contributed by atoms with Crippen LogP contribution in [-0.4, -0.2) is 23.9 Å². The van der Waals surface area contributed by atoms with E-state index in [1.54, 1.807) is 59.4 Å². The van der Waals surface area contributed by atoms with Gasteiger partial charge < -0.3 is 5.32 Å². The Kier molecular flexibility index (Phi) is 5.55. The Morgan fingerprint density at radius 2 is 1.52 bits per heavy atom. The number of aryl methyl sites for hydroxylation is 1. The lowest BCUT2D eigenvalue weighted by Crippen LogP contribution is -2.16. The van der Waals surface area contributed by atoms with E-state index in [9.17, 15) is 13.2 Å². The summed E-state index contributed by atoms with van der Waals surface area (Å²) in [5, 5.41) is 2.81. The van der Waals surface area contributed by atoms with Gasteiger partial charge in [0.05, 0.1) is 17.4 Å². The number of hydrogen-bond donors (Lipinski definition) is 2. The first-order chi connectivity index (χ1) is 14.9. The van der Waals surface area contributed by atoms with Gasteiger partial charge in [0.1, 0.15) is 5.69 Å². The zero-order valence-electron chi connectivity index (χ0n) is 16.7. The minimum absolute atomic E-state index is 0.185. The van der Waals surface area contributed by atoms with Crippen molar-refractivity contribution in [2.75, 3.05) is 10.0 Å². The Morgan fingerprint density at radius 1 is 0.871 bits per heavy atom. The summed E-state index contributed by atoms with van der Waals surface area (Å²) in [5.41, 5.74) is 3.12. The Balaban J connectivity index is 1.47. The summed E-state index contributed by atoms with van der Waals surface area (Å²) in [6.45, 7) is 1.89. The van der Waals surface area contributed by atoms with Crippen LogP contribution in [0.4, 0.5) is 11.4 Å². The molecule has 0 saturated carbocycles. The van der Waals surface area contributed by atoms with Crippen LogP contribution in [0.2, 0.25) is 0 Å². The van der Waals surface area contributed by atoms with E-state index in [1.807, 2.05) is 37.3 Å². The van der Waals surface area contributed by atoms with Gasteiger partial charge in [-0.3, -0.25) is 14.1 Å². The monoisotopic (exact) mass is 432 g/mol. The van der Waals surface area contributed by atoms with E-state index in [1.165, 1.54) is 6.20 Å². The first-order valence-corrected chi connectivity index (χ1v) is 11.0. The molecule has 0 bridgehead atoms. The van der Waals surface area contributed by atoms with Gasteiger partial charge in [0.15, 0.2) is 0 Å². The average molecular weight is 433 g/mol. The molecule has 156 valence electrons. The highest BCUT2D eigenvalue weighted by Crippen LogP contribution is 2.20. The van der Waals surface area contributed by atoms with Crippen LogP contribution in [-0.2, 0) is 10.0 Å². The quantitative estimate of drug-likeness (QED) is 0.477. The molecule has 0 aliphatic rings. The fourth-order valence-corrected chi connectivity index (χ4v) is 4.06. The van der Waals surface area contributed by atoms with Crippen molar-refractivity contribution in [3.8, 4) is 5.69 Å². The molecule has 31 heavy (non-hydrogen) atoms. The number of aromatic nitrogens is 2. The topological polar surface area (TPSA) is 93.1 Å². The standard InChI is InChI=1S/C23H20N4O3S/c1-17-7-13-21(14-8-17)31(29,30)26-19-11-9-18(10-12-19)25-23(28)22-15-24-16-27(22)20-5-3-2-4-6-20/h2-16,26H,1H3,(H,25,28). The number of rotatable bonds is 6. The van der Waals surface area contributed by atoms with Gasteiger partial charge in [-0.25, -0.2) is 13.4 Å². The first kappa shape index (κ1) is 20.4. The van der Waals surface area contributed by atoms with Crippen molar-refractivity contribution in [2.45, 2.75) is 11.8 Å². The van der Waals surface area contributed by atoms with E-state index < -0.39 is 10.0 Å². The summed E-state index contributed by atoms with van der Waals surface area (Å²) in [4.78, 5) is 17.0. The first-order valence-electron chi connectivity index (χ1n) is 9.51. The van der Waals surface area contributed by atoms with Gasteiger partial charge in [-0.05, 0) is 55.5 Å². The van der Waals surface area contributed by atoms with Crippen molar-refractivity contribution in [1.82, 2.24) is 9.55 Å². The number of anilines is 2. The van der Waals surface area contributed by atoms with Gasteiger partial charge in [0, 0.05) is 17.1 Å². The van der Waals surface area contributed by atoms with Crippen LogP contribution in [0.25, 0.3) is 5.69 Å². The third-order valence-corrected chi connectivity index (χ3v) is 6.03. The summed E-state index contributed by atoms with van der Waals surface area (Å²) in [5.74, 6) is -0.325. The van der Waals surface area contributed by atoms with Crippen LogP contribution in [0.15, 0.2) is 96.3 Å². The molecule has 0 radical (unpaired) electrons. The molecule has 3 aromatic carbocycles. The molecule has 1 heterocycles. The number of imidazole rings is 1. The van der Waals surface area contributed by atoms with Gasteiger partial charge >= 0.3 is 0 Å². The van der Waals surface area contributed by atoms with Crippen LogP contribution in [0.1, 0.15) is 16.1 Å². The SMILES string of the molecule is Cc1ccc(S(=O)(=O)Nc2ccc(NC(=O)c3cncn3-c3ccccc3)cc2)cc1. The van der Waals surface area contributed by atoms with Crippen molar-refractivity contribution in [1.29, 1.82) is 0 Å². The number of amides is 1. The van der Waals surface area contributed by atoms with Gasteiger partial charge in [-0.15, -0.1) is 0 Å². The van der Waals surface area contributed by atoms with E-state index >= 15 is 0 Å². The summed E-state index contributed by atoms with van der Waals surface area (Å²) in [7, 11) is -3.69. The van der Waals surface area contributed by atoms with Gasteiger partial charge in [-0.2, -0.15) is 0 Å². The van der Waals surface area contributed by atoms with Crippen LogP contribution in [0, 0.1) is 6.92 Å². The van der Waals surface area contributed by atoms with Crippen molar-refractivity contribution in [2.24, 2.45) is 0 Å². The molecule has 2 N–H and O–H groups in total. The maximum atomic E-state index is 12.7. The van der Waals surface area contributed by atoms with Gasteiger partial charge in [-0.1, -0.05) is 35.9 Å². The van der Waals surface area contributed by atoms with E-state index in [4.69, 9.17) is 0 Å². The number of hydrogen-bond acceptors (Lipinski definition) is 4. The molecule has 1 amide bonds. The minimum Gasteiger partial charge on any atom is -0.321 e. The predicted octanol–water partition coefficient (Wildman–Crippen LogP) is 4.23. The number of para-hydroxylation sites is 1. The van der Waals surface area contributed by atoms with Crippen molar-refractivity contribution < 1.29 is 13.2 Å². The number of nitrogens with zero attached hydrogens (tertiary/aromatic N) is 2. The largest absolute Gasteiger partial charge is 0.321 e. The second-order valence-corrected chi connectivity index (χ2v) is 8.62. The molecule has 0 spiro atoms. The zero-order chi connectivity index (χ0) is 21.8. The van der Waals surface area contributed by atoms with E-state index in [0.29, 0.717) is 17.1 Å². The Hall–Kier alpha value is -3.91. The zero-order valence-corrected chi connectivity index (χ0v) is 17.5. The molecule has 8 heteroatoms. The second kappa shape index (κ2) is 8.45. The number of benzene rings is 3. The molecule has 0 aliphatic carbocycles. The summed E-state index contributed by atoms with van der Waals surface area (Å²) in [6.07, 6.45) is 3.07. The third kappa shape index (κ3) is 4.65. The molecule has 0 unspecified atom stereocenters. The normalized spacial score (nSPS) is 11.1. The van der Waals surface area contributed by atoms with Gasteiger partial charge in [0.2, 0.25) is 0 Å². The van der Waals surface area contributed by atoms with Crippen molar-refractivity contribution in [3.05, 3.63) is 103 Å². The van der Waals surface area contributed by atoms with Crippen LogP contribution < -0.4 is 10.0 Å². The average Bonchev–Trinajstić information content (AvgIpc) is 3.26. The molecule has 7 nitrogen and oxygen atoms in total. The summed E-state index contributed by atoms with van der Waals surface area (Å²) < 4.78 is 29.3. The van der Waals surface area contributed by atoms with Crippen LogP contribution >= 0.6 is 0 Å². The molecule has 4 aromatic rings. The lowest BCUT2D eigenvalue weighted by Gasteiger charge is -2.11. The van der Waals surface area contributed by atoms with E-state index in [0.717, 1.165) is 11.3 Å². The number of carbonyl (C=O) groups is 1. The highest BCUT2D eigenvalue weighted by Gasteiger charge is 2.15. The molecular formula is C23H20N4O3S. The fraction of sp³-hybridized carbons (Fsp3) is 0.0435. The van der Waals surface area contributed by atoms with Gasteiger partial charge in [0.25, 0.3) is 15.9 Å². The molecule has 4 rings (SSSR count). The maximum absolute atomic E-state index is 12.7. The molecule has 0 saturated heterocycles. The smallest absolute Gasteiger partial charge is 0.274 e. The van der Waals surface area contributed by atoms with E-state index in [2.05, 4.69) is 15.0 Å². The van der Waals surface area contributed by atoms with Crippen LogP contribution in [0.5, 0.6) is 0 Å². The Bertz CT molecular complexity index is 1300. The Labute approximate surface area is 180 Å². The maximum Gasteiger partial charge on any atom is 0.274 e. The minimum atomic E-state index is -3.69. The fourth-order valence-electron chi connectivity index (χ4n) is 3.01. The molecule has 0 atom stereocenters. The molecule has 0 aliphatic heterocycles. The van der Waals surface area contributed by atoms with Crippen molar-refractivity contribution >= 4 is 27.3 Å². The highest BCUT2D eigenvalue weighted by molar-refractivity contribution is 7.92. The van der Waals surface area contributed by atoms with Crippen molar-refractivity contribution in [3.63, 3.8) is 0 Å². The molecule has 1 aromatic heterocycles. The molecule has 0 fully saturated rings. The summed E-state index contributed by atoms with van der Waals surface area (Å²) >= 11 is 0. The highest BCUT2D eigenvalue weighted by atomic mass is 32.2. The lowest BCUT2D eigenvalue weighted by atomic mass is 10.2. The second-order valence-electron chi connectivity index (χ2n) is 6.93. The third-order valence-electron chi connectivity index (χ3n) is 4.63. The van der Waals surface area contributed by atoms with Crippen LogP contribution in [0.3, 0.4) is 0 Å². The summed E-state index contributed by atoms with van der Waals surface area (Å²) in [6, 6.07) is 22.5. The number of carbonyl (C=O) groups excluding carboxylic acids is 1. The predicted molar refractivity (Wildman–Crippen MR) is 120 cm³/mol. The lowest BCUT2D eigenvalue weighted by molar-refractivity contribution is 0.102.